The summed E-state index contributed by atoms with van der Waals surface area (Å²) in [5.74, 6) is 2.34. The van der Waals surface area contributed by atoms with E-state index in [4.69, 9.17) is 14.2 Å². The van der Waals surface area contributed by atoms with E-state index in [1.807, 2.05) is 48.5 Å². The molecule has 0 saturated heterocycles. The minimum atomic E-state index is -0.776. The predicted molar refractivity (Wildman–Crippen MR) is 139 cm³/mol. The molecule has 0 heterocycles. The molecule has 0 saturated carbocycles. The highest BCUT2D eigenvalue weighted by Gasteiger charge is 2.37. The van der Waals surface area contributed by atoms with E-state index in [1.165, 1.54) is 5.56 Å². The van der Waals surface area contributed by atoms with E-state index in [1.54, 1.807) is 33.5 Å². The van der Waals surface area contributed by atoms with Crippen LogP contribution in [0.4, 0.5) is 0 Å². The van der Waals surface area contributed by atoms with Gasteiger partial charge in [-0.25, -0.2) is 0 Å². The lowest BCUT2D eigenvalue weighted by Crippen LogP contribution is -2.34. The highest BCUT2D eigenvalue weighted by atomic mass is 16.5. The Morgan fingerprint density at radius 2 is 1.43 bits per heavy atom. The molecule has 0 aliphatic carbocycles. The molecular formula is C29H37NO5. The SMILES string of the molecule is COc1ccc(CCN(C)CCCC(CO)(c2ccccc2O)c2ccccc2OC)cc1OC. The van der Waals surface area contributed by atoms with Gasteiger partial charge < -0.3 is 29.3 Å². The first kappa shape index (κ1) is 26.4. The molecule has 0 bridgehead atoms. The maximum Gasteiger partial charge on any atom is 0.160 e. The summed E-state index contributed by atoms with van der Waals surface area (Å²) >= 11 is 0. The number of rotatable bonds is 13. The third-order valence-corrected chi connectivity index (χ3v) is 6.69. The van der Waals surface area contributed by atoms with Gasteiger partial charge in [0, 0.05) is 17.7 Å². The second-order valence-corrected chi connectivity index (χ2v) is 8.80. The van der Waals surface area contributed by atoms with Crippen LogP contribution in [-0.2, 0) is 11.8 Å². The summed E-state index contributed by atoms with van der Waals surface area (Å²) < 4.78 is 16.4. The zero-order valence-corrected chi connectivity index (χ0v) is 21.2. The van der Waals surface area contributed by atoms with E-state index in [9.17, 15) is 10.2 Å². The molecule has 0 fully saturated rings. The summed E-state index contributed by atoms with van der Waals surface area (Å²) in [6.45, 7) is 1.59. The molecule has 3 aromatic carbocycles. The number of para-hydroxylation sites is 2. The van der Waals surface area contributed by atoms with Gasteiger partial charge in [-0.3, -0.25) is 0 Å². The topological polar surface area (TPSA) is 71.4 Å². The molecule has 0 aliphatic heterocycles. The number of phenolic OH excluding ortho intramolecular Hbond substituents is 1. The van der Waals surface area contributed by atoms with Crippen LogP contribution in [0.25, 0.3) is 0 Å². The molecule has 3 rings (SSSR count). The molecule has 188 valence electrons. The van der Waals surface area contributed by atoms with Crippen molar-refractivity contribution >= 4 is 0 Å². The zero-order chi connectivity index (χ0) is 25.3. The fraction of sp³-hybridized carbons (Fsp3) is 0.379. The van der Waals surface area contributed by atoms with E-state index >= 15 is 0 Å². The van der Waals surface area contributed by atoms with Gasteiger partial charge in [0.05, 0.1) is 33.4 Å². The molecule has 1 unspecified atom stereocenters. The minimum absolute atomic E-state index is 0.139. The number of ether oxygens (including phenoxy) is 3. The fourth-order valence-corrected chi connectivity index (χ4v) is 4.70. The van der Waals surface area contributed by atoms with Gasteiger partial charge in [0.25, 0.3) is 0 Å². The summed E-state index contributed by atoms with van der Waals surface area (Å²) in [7, 11) is 7.02. The number of benzene rings is 3. The molecule has 0 amide bonds. The van der Waals surface area contributed by atoms with Crippen LogP contribution >= 0.6 is 0 Å². The molecule has 35 heavy (non-hydrogen) atoms. The lowest BCUT2D eigenvalue weighted by molar-refractivity contribution is 0.196. The van der Waals surface area contributed by atoms with Crippen LogP contribution in [0.5, 0.6) is 23.0 Å². The number of hydrogen-bond donors (Lipinski definition) is 2. The molecule has 6 heteroatoms. The maximum absolute atomic E-state index is 10.7. The highest BCUT2D eigenvalue weighted by Crippen LogP contribution is 2.44. The molecule has 6 nitrogen and oxygen atoms in total. The van der Waals surface area contributed by atoms with Crippen LogP contribution in [-0.4, -0.2) is 63.2 Å². The summed E-state index contributed by atoms with van der Waals surface area (Å²) in [6, 6.07) is 21.0. The number of aliphatic hydroxyl groups excluding tert-OH is 1. The molecular weight excluding hydrogens is 442 g/mol. The van der Waals surface area contributed by atoms with E-state index in [0.29, 0.717) is 17.7 Å². The van der Waals surface area contributed by atoms with E-state index in [0.717, 1.165) is 43.0 Å². The van der Waals surface area contributed by atoms with Gasteiger partial charge in [-0.05, 0) is 62.7 Å². The highest BCUT2D eigenvalue weighted by molar-refractivity contribution is 5.51. The Hall–Kier alpha value is -3.22. The summed E-state index contributed by atoms with van der Waals surface area (Å²) in [5, 5.41) is 21.5. The number of likely N-dealkylation sites (N-methyl/N-ethyl adjacent to an activating group) is 1. The van der Waals surface area contributed by atoms with Crippen molar-refractivity contribution in [2.75, 3.05) is 48.1 Å². The molecule has 0 aliphatic rings. The van der Waals surface area contributed by atoms with Crippen molar-refractivity contribution in [1.29, 1.82) is 0 Å². The fourth-order valence-electron chi connectivity index (χ4n) is 4.70. The first-order chi connectivity index (χ1) is 17.0. The number of aromatic hydroxyl groups is 1. The first-order valence-electron chi connectivity index (χ1n) is 11.9. The molecule has 0 radical (unpaired) electrons. The molecule has 0 spiro atoms. The second-order valence-electron chi connectivity index (χ2n) is 8.80. The average molecular weight is 480 g/mol. The molecule has 0 aromatic heterocycles. The molecule has 3 aromatic rings. The van der Waals surface area contributed by atoms with E-state index in [-0.39, 0.29) is 12.4 Å². The second kappa shape index (κ2) is 12.5. The summed E-state index contributed by atoms with van der Waals surface area (Å²) in [5.41, 5.74) is 1.99. The van der Waals surface area contributed by atoms with Crippen LogP contribution < -0.4 is 14.2 Å². The Morgan fingerprint density at radius 3 is 2.09 bits per heavy atom. The van der Waals surface area contributed by atoms with Crippen LogP contribution in [0, 0.1) is 0 Å². The van der Waals surface area contributed by atoms with Crippen molar-refractivity contribution in [3.8, 4) is 23.0 Å². The van der Waals surface area contributed by atoms with Gasteiger partial charge >= 0.3 is 0 Å². The lowest BCUT2D eigenvalue weighted by Gasteiger charge is -2.35. The minimum Gasteiger partial charge on any atom is -0.508 e. The largest absolute Gasteiger partial charge is 0.508 e. The van der Waals surface area contributed by atoms with Crippen molar-refractivity contribution in [2.24, 2.45) is 0 Å². The maximum atomic E-state index is 10.7. The van der Waals surface area contributed by atoms with Gasteiger partial charge in [-0.2, -0.15) is 0 Å². The quantitative estimate of drug-likeness (QED) is 0.372. The Balaban J connectivity index is 1.73. The number of hydrogen-bond acceptors (Lipinski definition) is 6. The summed E-state index contributed by atoms with van der Waals surface area (Å²) in [4.78, 5) is 2.28. The standard InChI is InChI=1S/C29H37NO5/c1-30(19-16-22-14-15-27(34-3)28(20-22)35-4)18-9-17-29(21-31,23-10-5-7-12-25(23)32)24-11-6-8-13-26(24)33-2/h5-8,10-15,20,31-32H,9,16-19,21H2,1-4H3. The lowest BCUT2D eigenvalue weighted by atomic mass is 9.71. The van der Waals surface area contributed by atoms with Crippen LogP contribution in [0.3, 0.4) is 0 Å². The normalized spacial score (nSPS) is 12.9. The first-order valence-corrected chi connectivity index (χ1v) is 11.9. The van der Waals surface area contributed by atoms with E-state index < -0.39 is 5.41 Å². The van der Waals surface area contributed by atoms with Gasteiger partial charge in [-0.1, -0.05) is 42.5 Å². The number of aliphatic hydroxyl groups is 1. The Kier molecular flexibility index (Phi) is 9.40. The Bertz CT molecular complexity index is 1090. The third-order valence-electron chi connectivity index (χ3n) is 6.69. The molecule has 1 atom stereocenters. The summed E-state index contributed by atoms with van der Waals surface area (Å²) in [6.07, 6.45) is 2.37. The van der Waals surface area contributed by atoms with Gasteiger partial charge in [-0.15, -0.1) is 0 Å². The third kappa shape index (κ3) is 6.08. The monoisotopic (exact) mass is 479 g/mol. The van der Waals surface area contributed by atoms with Crippen molar-refractivity contribution < 1.29 is 24.4 Å². The van der Waals surface area contributed by atoms with Crippen molar-refractivity contribution in [3.63, 3.8) is 0 Å². The number of methoxy groups -OCH3 is 3. The average Bonchev–Trinajstić information content (AvgIpc) is 2.90. The molecule has 2 N–H and O–H groups in total. The van der Waals surface area contributed by atoms with Gasteiger partial charge in [0.2, 0.25) is 0 Å². The van der Waals surface area contributed by atoms with Crippen molar-refractivity contribution in [1.82, 2.24) is 4.90 Å². The van der Waals surface area contributed by atoms with Crippen molar-refractivity contribution in [2.45, 2.75) is 24.7 Å². The van der Waals surface area contributed by atoms with Crippen LogP contribution in [0.1, 0.15) is 29.5 Å². The number of nitrogens with zero attached hydrogens (tertiary/aromatic N) is 1. The predicted octanol–water partition coefficient (Wildman–Crippen LogP) is 4.65. The Morgan fingerprint density at radius 1 is 0.771 bits per heavy atom. The number of phenols is 1. The van der Waals surface area contributed by atoms with E-state index in [2.05, 4.69) is 18.0 Å². The van der Waals surface area contributed by atoms with Gasteiger partial charge in [0.15, 0.2) is 11.5 Å². The van der Waals surface area contributed by atoms with Crippen LogP contribution in [0.2, 0.25) is 0 Å². The van der Waals surface area contributed by atoms with Gasteiger partial charge in [0.1, 0.15) is 11.5 Å². The zero-order valence-electron chi connectivity index (χ0n) is 21.2. The van der Waals surface area contributed by atoms with Crippen LogP contribution in [0.15, 0.2) is 66.7 Å². The smallest absolute Gasteiger partial charge is 0.160 e. The Labute approximate surface area is 208 Å². The van der Waals surface area contributed by atoms with Crippen molar-refractivity contribution in [3.05, 3.63) is 83.4 Å².